The van der Waals surface area contributed by atoms with Gasteiger partial charge in [0.2, 0.25) is 0 Å². The fraction of sp³-hybridized carbons (Fsp3) is 0.727. The van der Waals surface area contributed by atoms with Crippen LogP contribution in [0.2, 0.25) is 0 Å². The molecule has 8 nitrogen and oxygen atoms in total. The highest BCUT2D eigenvalue weighted by atomic mass is 16.3. The van der Waals surface area contributed by atoms with E-state index in [9.17, 15) is 15.0 Å². The van der Waals surface area contributed by atoms with Crippen molar-refractivity contribution < 1.29 is 15.0 Å². The SMILES string of the molecule is NC1=NC2C(=NCN2C[C@]2(CO)C[C@H]2CO)C(=O)N1. The van der Waals surface area contributed by atoms with E-state index in [0.29, 0.717) is 18.9 Å². The summed E-state index contributed by atoms with van der Waals surface area (Å²) in [5.41, 5.74) is 5.63. The summed E-state index contributed by atoms with van der Waals surface area (Å²) in [4.78, 5) is 22.0. The summed E-state index contributed by atoms with van der Waals surface area (Å²) in [5.74, 6) is -0.110. The lowest BCUT2D eigenvalue weighted by Crippen LogP contribution is -2.53. The molecule has 3 rings (SSSR count). The van der Waals surface area contributed by atoms with Gasteiger partial charge in [0.1, 0.15) is 5.71 Å². The van der Waals surface area contributed by atoms with Crippen molar-refractivity contribution in [3.05, 3.63) is 0 Å². The predicted octanol–water partition coefficient (Wildman–Crippen LogP) is -2.54. The van der Waals surface area contributed by atoms with Gasteiger partial charge in [-0.25, -0.2) is 4.99 Å². The molecule has 3 aliphatic rings. The van der Waals surface area contributed by atoms with Gasteiger partial charge in [0, 0.05) is 18.6 Å². The standard InChI is InChI=1S/C11H17N5O3/c12-10-14-8-7(9(19)15-10)13-5-16(8)3-11(4-18)1-6(11)2-17/h6,8,17-18H,1-5H2,(H3,12,14,15,19)/t6-,8?,11-/m0/s1. The van der Waals surface area contributed by atoms with E-state index in [1.165, 1.54) is 0 Å². The zero-order valence-electron chi connectivity index (χ0n) is 10.4. The second-order valence-electron chi connectivity index (χ2n) is 5.38. The minimum atomic E-state index is -0.461. The molecule has 1 amide bonds. The lowest BCUT2D eigenvalue weighted by molar-refractivity contribution is -0.114. The van der Waals surface area contributed by atoms with Crippen molar-refractivity contribution in [2.24, 2.45) is 27.1 Å². The first-order valence-electron chi connectivity index (χ1n) is 6.24. The smallest absolute Gasteiger partial charge is 0.275 e. The maximum atomic E-state index is 11.7. The lowest BCUT2D eigenvalue weighted by atomic mass is 10.0. The number of fused-ring (bicyclic) bond motifs is 1. The molecule has 0 saturated heterocycles. The minimum absolute atomic E-state index is 0.0160. The van der Waals surface area contributed by atoms with E-state index < -0.39 is 6.17 Å². The number of hydrogen-bond donors (Lipinski definition) is 4. The van der Waals surface area contributed by atoms with Gasteiger partial charge in [-0.05, 0) is 12.3 Å². The second kappa shape index (κ2) is 4.26. The van der Waals surface area contributed by atoms with Crippen LogP contribution in [0.1, 0.15) is 6.42 Å². The minimum Gasteiger partial charge on any atom is -0.396 e. The van der Waals surface area contributed by atoms with Crippen molar-refractivity contribution in [1.82, 2.24) is 10.2 Å². The topological polar surface area (TPSA) is 124 Å². The largest absolute Gasteiger partial charge is 0.396 e. The number of nitrogens with two attached hydrogens (primary N) is 1. The number of guanidine groups is 1. The normalized spacial score (nSPS) is 37.5. The second-order valence-corrected chi connectivity index (χ2v) is 5.38. The lowest BCUT2D eigenvalue weighted by Gasteiger charge is -2.28. The number of carbonyl (C=O) groups is 1. The van der Waals surface area contributed by atoms with E-state index in [2.05, 4.69) is 15.3 Å². The van der Waals surface area contributed by atoms with Crippen molar-refractivity contribution in [3.8, 4) is 0 Å². The Bertz CT molecular complexity index is 477. The van der Waals surface area contributed by atoms with E-state index in [1.807, 2.05) is 4.90 Å². The van der Waals surface area contributed by atoms with Crippen LogP contribution >= 0.6 is 0 Å². The van der Waals surface area contributed by atoms with Crippen molar-refractivity contribution in [2.75, 3.05) is 26.4 Å². The number of hydrogen-bond acceptors (Lipinski definition) is 7. The van der Waals surface area contributed by atoms with Gasteiger partial charge in [-0.2, -0.15) is 0 Å². The highest BCUT2D eigenvalue weighted by Crippen LogP contribution is 2.52. The van der Waals surface area contributed by atoms with Crippen LogP contribution in [-0.2, 0) is 4.79 Å². The number of nitrogens with one attached hydrogen (secondary N) is 1. The molecule has 1 aliphatic carbocycles. The molecule has 1 unspecified atom stereocenters. The molecule has 0 aromatic carbocycles. The summed E-state index contributed by atoms with van der Waals surface area (Å²) in [5, 5.41) is 21.1. The van der Waals surface area contributed by atoms with Crippen LogP contribution in [0.25, 0.3) is 0 Å². The molecule has 0 spiro atoms. The summed E-state index contributed by atoms with van der Waals surface area (Å²) < 4.78 is 0. The van der Waals surface area contributed by atoms with Crippen LogP contribution in [0.3, 0.4) is 0 Å². The summed E-state index contributed by atoms with van der Waals surface area (Å²) >= 11 is 0. The molecule has 3 atom stereocenters. The Morgan fingerprint density at radius 3 is 2.95 bits per heavy atom. The van der Waals surface area contributed by atoms with Gasteiger partial charge in [-0.3, -0.25) is 20.0 Å². The van der Waals surface area contributed by atoms with Crippen LogP contribution in [-0.4, -0.2) is 65.3 Å². The Balaban J connectivity index is 1.75. The van der Waals surface area contributed by atoms with Crippen molar-refractivity contribution >= 4 is 17.6 Å². The van der Waals surface area contributed by atoms with Gasteiger partial charge in [-0.1, -0.05) is 0 Å². The Kier molecular flexibility index (Phi) is 2.80. The first-order chi connectivity index (χ1) is 9.09. The molecular weight excluding hydrogens is 250 g/mol. The van der Waals surface area contributed by atoms with Crippen LogP contribution in [0, 0.1) is 11.3 Å². The number of carbonyl (C=O) groups excluding carboxylic acids is 1. The molecule has 0 bridgehead atoms. The number of nitrogens with zero attached hydrogens (tertiary/aromatic N) is 3. The van der Waals surface area contributed by atoms with Crippen molar-refractivity contribution in [2.45, 2.75) is 12.6 Å². The van der Waals surface area contributed by atoms with Crippen molar-refractivity contribution in [1.29, 1.82) is 0 Å². The molecule has 5 N–H and O–H groups in total. The highest BCUT2D eigenvalue weighted by molar-refractivity contribution is 6.44. The zero-order valence-corrected chi connectivity index (χ0v) is 10.4. The summed E-state index contributed by atoms with van der Waals surface area (Å²) in [6.45, 7) is 1.00. The van der Waals surface area contributed by atoms with Gasteiger partial charge in [0.25, 0.3) is 5.91 Å². The van der Waals surface area contributed by atoms with Crippen LogP contribution in [0.15, 0.2) is 9.98 Å². The Hall–Kier alpha value is -1.51. The van der Waals surface area contributed by atoms with E-state index in [-0.39, 0.29) is 36.4 Å². The highest BCUT2D eigenvalue weighted by Gasteiger charge is 2.55. The van der Waals surface area contributed by atoms with Gasteiger partial charge in [0.15, 0.2) is 12.1 Å². The van der Waals surface area contributed by atoms with Crippen LogP contribution in [0.4, 0.5) is 0 Å². The Morgan fingerprint density at radius 2 is 2.32 bits per heavy atom. The third-order valence-corrected chi connectivity index (χ3v) is 4.16. The molecule has 2 heterocycles. The van der Waals surface area contributed by atoms with Crippen LogP contribution < -0.4 is 11.1 Å². The zero-order chi connectivity index (χ0) is 13.6. The van der Waals surface area contributed by atoms with E-state index in [1.54, 1.807) is 0 Å². The molecular formula is C11H17N5O3. The Morgan fingerprint density at radius 1 is 1.53 bits per heavy atom. The van der Waals surface area contributed by atoms with E-state index in [0.717, 1.165) is 6.42 Å². The molecule has 1 saturated carbocycles. The third-order valence-electron chi connectivity index (χ3n) is 4.16. The molecule has 0 aromatic heterocycles. The van der Waals surface area contributed by atoms with Gasteiger partial charge in [-0.15, -0.1) is 0 Å². The molecule has 1 fully saturated rings. The molecule has 19 heavy (non-hydrogen) atoms. The van der Waals surface area contributed by atoms with E-state index >= 15 is 0 Å². The third kappa shape index (κ3) is 1.92. The predicted molar refractivity (Wildman–Crippen MR) is 67.3 cm³/mol. The van der Waals surface area contributed by atoms with E-state index in [4.69, 9.17) is 5.73 Å². The van der Waals surface area contributed by atoms with Gasteiger partial charge >= 0.3 is 0 Å². The Labute approximate surface area is 110 Å². The maximum absolute atomic E-state index is 11.7. The summed E-state index contributed by atoms with van der Waals surface area (Å²) in [7, 11) is 0. The number of aliphatic hydroxyl groups excluding tert-OH is 2. The molecule has 0 radical (unpaired) electrons. The first-order valence-corrected chi connectivity index (χ1v) is 6.24. The monoisotopic (exact) mass is 267 g/mol. The average Bonchev–Trinajstić information content (AvgIpc) is 2.95. The van der Waals surface area contributed by atoms with Gasteiger partial charge < -0.3 is 15.9 Å². The molecule has 104 valence electrons. The summed E-state index contributed by atoms with van der Waals surface area (Å²) in [6.07, 6.45) is 0.321. The fourth-order valence-corrected chi connectivity index (χ4v) is 2.84. The average molecular weight is 267 g/mol. The van der Waals surface area contributed by atoms with Gasteiger partial charge in [0.05, 0.1) is 13.3 Å². The number of aliphatic hydroxyl groups is 2. The van der Waals surface area contributed by atoms with Crippen LogP contribution in [0.5, 0.6) is 0 Å². The summed E-state index contributed by atoms with van der Waals surface area (Å²) in [6, 6.07) is 0. The van der Waals surface area contributed by atoms with Crippen molar-refractivity contribution in [3.63, 3.8) is 0 Å². The quantitative estimate of drug-likeness (QED) is 0.447. The molecule has 0 aromatic rings. The number of aliphatic imine (C=N–C) groups is 2. The maximum Gasteiger partial charge on any atom is 0.275 e. The number of rotatable bonds is 4. The first kappa shape index (κ1) is 12.5. The molecule has 2 aliphatic heterocycles. The number of amides is 1. The fourth-order valence-electron chi connectivity index (χ4n) is 2.84. The molecule has 8 heteroatoms.